The van der Waals surface area contributed by atoms with Crippen LogP contribution < -0.4 is 16.2 Å². The van der Waals surface area contributed by atoms with Crippen LogP contribution in [-0.4, -0.2) is 13.0 Å². The predicted molar refractivity (Wildman–Crippen MR) is 58.6 cm³/mol. The Hall–Kier alpha value is -1.55. The summed E-state index contributed by atoms with van der Waals surface area (Å²) in [5.74, 6) is 0.0743. The third-order valence-electron chi connectivity index (χ3n) is 2.29. The molecule has 0 heterocycles. The fourth-order valence-corrected chi connectivity index (χ4v) is 1.65. The minimum absolute atomic E-state index is 0.557. The first-order valence-corrected chi connectivity index (χ1v) is 4.67. The van der Waals surface area contributed by atoms with Crippen LogP contribution in [0, 0.1) is 13.8 Å². The number of carbonyl (C=O) groups is 1. The molecule has 4 heteroatoms. The Kier molecular flexibility index (Phi) is 3.31. The number of rotatable bonds is 3. The van der Waals surface area contributed by atoms with Crippen molar-refractivity contribution in [3.63, 3.8) is 0 Å². The van der Waals surface area contributed by atoms with Crippen molar-refractivity contribution >= 4 is 5.91 Å². The first-order valence-electron chi connectivity index (χ1n) is 4.67. The van der Waals surface area contributed by atoms with Gasteiger partial charge in [0.15, 0.2) is 0 Å². The molecule has 0 radical (unpaired) electrons. The number of carbonyl (C=O) groups excluding carboxylic acids is 1. The summed E-state index contributed by atoms with van der Waals surface area (Å²) in [5, 5.41) is 0. The largest absolute Gasteiger partial charge is 0.496 e. The average molecular weight is 208 g/mol. The topological polar surface area (TPSA) is 78.3 Å². The molecular formula is C11H16N2O2. The smallest absolute Gasteiger partial charge is 0.239 e. The van der Waals surface area contributed by atoms with Gasteiger partial charge in [-0.3, -0.25) is 4.79 Å². The van der Waals surface area contributed by atoms with Gasteiger partial charge in [0.1, 0.15) is 11.8 Å². The third kappa shape index (κ3) is 2.27. The number of ether oxygens (including phenoxy) is 1. The minimum Gasteiger partial charge on any atom is -0.496 e. The van der Waals surface area contributed by atoms with E-state index in [0.717, 1.165) is 11.1 Å². The molecule has 0 spiro atoms. The van der Waals surface area contributed by atoms with Gasteiger partial charge in [-0.15, -0.1) is 0 Å². The summed E-state index contributed by atoms with van der Waals surface area (Å²) in [6.07, 6.45) is 0. The summed E-state index contributed by atoms with van der Waals surface area (Å²) >= 11 is 0. The van der Waals surface area contributed by atoms with Gasteiger partial charge in [-0.1, -0.05) is 17.7 Å². The van der Waals surface area contributed by atoms with Crippen molar-refractivity contribution in [1.29, 1.82) is 0 Å². The summed E-state index contributed by atoms with van der Waals surface area (Å²) in [7, 11) is 1.55. The zero-order chi connectivity index (χ0) is 11.6. The number of hydrogen-bond acceptors (Lipinski definition) is 3. The lowest BCUT2D eigenvalue weighted by molar-refractivity contribution is -0.119. The van der Waals surface area contributed by atoms with E-state index in [2.05, 4.69) is 0 Å². The van der Waals surface area contributed by atoms with E-state index in [9.17, 15) is 4.79 Å². The fourth-order valence-electron chi connectivity index (χ4n) is 1.65. The number of benzene rings is 1. The van der Waals surface area contributed by atoms with Gasteiger partial charge in [-0.05, 0) is 19.4 Å². The van der Waals surface area contributed by atoms with Crippen LogP contribution in [-0.2, 0) is 4.79 Å². The number of methoxy groups -OCH3 is 1. The number of primary amides is 1. The van der Waals surface area contributed by atoms with Gasteiger partial charge in [0.25, 0.3) is 0 Å². The van der Waals surface area contributed by atoms with Crippen molar-refractivity contribution in [2.75, 3.05) is 7.11 Å². The van der Waals surface area contributed by atoms with E-state index in [-0.39, 0.29) is 0 Å². The first kappa shape index (κ1) is 11.5. The quantitative estimate of drug-likeness (QED) is 0.771. The van der Waals surface area contributed by atoms with Crippen LogP contribution in [0.4, 0.5) is 0 Å². The monoisotopic (exact) mass is 208 g/mol. The maximum atomic E-state index is 11.0. The fraction of sp³-hybridized carbons (Fsp3) is 0.364. The lowest BCUT2D eigenvalue weighted by Crippen LogP contribution is -2.28. The predicted octanol–water partition coefficient (Wildman–Crippen LogP) is 0.797. The van der Waals surface area contributed by atoms with Crippen molar-refractivity contribution in [3.05, 3.63) is 28.8 Å². The zero-order valence-corrected chi connectivity index (χ0v) is 9.20. The van der Waals surface area contributed by atoms with Gasteiger partial charge in [0, 0.05) is 5.56 Å². The summed E-state index contributed by atoms with van der Waals surface area (Å²) in [5.41, 5.74) is 13.5. The average Bonchev–Trinajstić information content (AvgIpc) is 2.15. The Balaban J connectivity index is 3.32. The molecule has 4 nitrogen and oxygen atoms in total. The Morgan fingerprint density at radius 1 is 1.40 bits per heavy atom. The Labute approximate surface area is 89.2 Å². The van der Waals surface area contributed by atoms with Gasteiger partial charge in [-0.25, -0.2) is 0 Å². The molecule has 0 aliphatic rings. The van der Waals surface area contributed by atoms with Crippen LogP contribution in [0.2, 0.25) is 0 Å². The Bertz CT molecular complexity index is 388. The molecule has 1 aromatic rings. The van der Waals surface area contributed by atoms with E-state index in [1.807, 2.05) is 26.0 Å². The Morgan fingerprint density at radius 2 is 2.00 bits per heavy atom. The molecule has 0 fully saturated rings. The molecule has 0 aliphatic carbocycles. The normalized spacial score (nSPS) is 12.3. The Morgan fingerprint density at radius 3 is 2.47 bits per heavy atom. The second kappa shape index (κ2) is 4.31. The van der Waals surface area contributed by atoms with E-state index in [1.54, 1.807) is 7.11 Å². The molecule has 0 aliphatic heterocycles. The van der Waals surface area contributed by atoms with Gasteiger partial charge in [-0.2, -0.15) is 0 Å². The molecule has 1 unspecified atom stereocenters. The van der Waals surface area contributed by atoms with Crippen LogP contribution in [0.15, 0.2) is 12.1 Å². The third-order valence-corrected chi connectivity index (χ3v) is 2.29. The molecule has 4 N–H and O–H groups in total. The number of amides is 1. The molecule has 0 saturated carbocycles. The molecule has 1 atom stereocenters. The van der Waals surface area contributed by atoms with Crippen LogP contribution >= 0.6 is 0 Å². The standard InChI is InChI=1S/C11H16N2O2/c1-6-4-7(2)10(15-3)8(5-6)9(12)11(13)14/h4-5,9H,12H2,1-3H3,(H2,13,14). The molecule has 0 saturated heterocycles. The van der Waals surface area contributed by atoms with Gasteiger partial charge >= 0.3 is 0 Å². The molecule has 82 valence electrons. The SMILES string of the molecule is COc1c(C)cc(C)cc1C(N)C(N)=O. The van der Waals surface area contributed by atoms with Crippen molar-refractivity contribution in [2.24, 2.45) is 11.5 Å². The van der Waals surface area contributed by atoms with Crippen molar-refractivity contribution < 1.29 is 9.53 Å². The highest BCUT2D eigenvalue weighted by Gasteiger charge is 2.18. The van der Waals surface area contributed by atoms with Crippen LogP contribution in [0.5, 0.6) is 5.75 Å². The molecule has 15 heavy (non-hydrogen) atoms. The van der Waals surface area contributed by atoms with Crippen LogP contribution in [0.3, 0.4) is 0 Å². The minimum atomic E-state index is -0.821. The van der Waals surface area contributed by atoms with Crippen molar-refractivity contribution in [1.82, 2.24) is 0 Å². The van der Waals surface area contributed by atoms with E-state index >= 15 is 0 Å². The lowest BCUT2D eigenvalue weighted by atomic mass is 10.00. The summed E-state index contributed by atoms with van der Waals surface area (Å²) in [4.78, 5) is 11.0. The van der Waals surface area contributed by atoms with Gasteiger partial charge in [0.05, 0.1) is 7.11 Å². The van der Waals surface area contributed by atoms with Crippen molar-refractivity contribution in [2.45, 2.75) is 19.9 Å². The number of nitrogens with two attached hydrogens (primary N) is 2. The van der Waals surface area contributed by atoms with Crippen LogP contribution in [0.1, 0.15) is 22.7 Å². The second-order valence-corrected chi connectivity index (χ2v) is 3.58. The molecule has 0 bridgehead atoms. The first-order chi connectivity index (χ1) is 6.97. The summed E-state index contributed by atoms with van der Waals surface area (Å²) < 4.78 is 5.21. The summed E-state index contributed by atoms with van der Waals surface area (Å²) in [6.45, 7) is 3.84. The number of aryl methyl sites for hydroxylation is 2. The lowest BCUT2D eigenvalue weighted by Gasteiger charge is -2.16. The maximum absolute atomic E-state index is 11.0. The zero-order valence-electron chi connectivity index (χ0n) is 9.20. The molecular weight excluding hydrogens is 192 g/mol. The van der Waals surface area contributed by atoms with E-state index in [0.29, 0.717) is 11.3 Å². The second-order valence-electron chi connectivity index (χ2n) is 3.58. The summed E-state index contributed by atoms with van der Waals surface area (Å²) in [6, 6.07) is 2.97. The van der Waals surface area contributed by atoms with E-state index < -0.39 is 11.9 Å². The number of hydrogen-bond donors (Lipinski definition) is 2. The van der Waals surface area contributed by atoms with Gasteiger partial charge in [0.2, 0.25) is 5.91 Å². The van der Waals surface area contributed by atoms with Crippen LogP contribution in [0.25, 0.3) is 0 Å². The highest BCUT2D eigenvalue weighted by atomic mass is 16.5. The van der Waals surface area contributed by atoms with Gasteiger partial charge < -0.3 is 16.2 Å². The maximum Gasteiger partial charge on any atom is 0.239 e. The van der Waals surface area contributed by atoms with Crippen molar-refractivity contribution in [3.8, 4) is 5.75 Å². The molecule has 1 rings (SSSR count). The highest BCUT2D eigenvalue weighted by Crippen LogP contribution is 2.28. The molecule has 1 aromatic carbocycles. The molecule has 0 aromatic heterocycles. The van der Waals surface area contributed by atoms with E-state index in [4.69, 9.17) is 16.2 Å². The highest BCUT2D eigenvalue weighted by molar-refractivity contribution is 5.82. The molecule has 1 amide bonds. The van der Waals surface area contributed by atoms with E-state index in [1.165, 1.54) is 0 Å².